The fraction of sp³-hybridized carbons (Fsp3) is 0.645. The van der Waals surface area contributed by atoms with Gasteiger partial charge in [-0.05, 0) is 95.9 Å². The zero-order chi connectivity index (χ0) is 30.8. The highest BCUT2D eigenvalue weighted by molar-refractivity contribution is 7.89. The van der Waals surface area contributed by atoms with Gasteiger partial charge in [0.1, 0.15) is 0 Å². The zero-order valence-electron chi connectivity index (χ0n) is 25.4. The smallest absolute Gasteiger partial charge is 0.350 e. The van der Waals surface area contributed by atoms with Gasteiger partial charge >= 0.3 is 6.18 Å². The Balaban J connectivity index is 2.10. The molecule has 1 fully saturated rings. The molecule has 1 aliphatic rings. The average Bonchev–Trinajstić information content (AvgIpc) is 3.17. The molecule has 41 heavy (non-hydrogen) atoms. The third-order valence-corrected chi connectivity index (χ3v) is 9.46. The maximum atomic E-state index is 14.3. The van der Waals surface area contributed by atoms with Crippen LogP contribution in [0.3, 0.4) is 0 Å². The van der Waals surface area contributed by atoms with E-state index in [4.69, 9.17) is 0 Å². The Morgan fingerprint density at radius 1 is 1.02 bits per heavy atom. The van der Waals surface area contributed by atoms with Crippen LogP contribution in [0.15, 0.2) is 29.2 Å². The predicted octanol–water partition coefficient (Wildman–Crippen LogP) is 7.69. The van der Waals surface area contributed by atoms with E-state index in [0.717, 1.165) is 50.7 Å². The predicted molar refractivity (Wildman–Crippen MR) is 157 cm³/mol. The van der Waals surface area contributed by atoms with Crippen molar-refractivity contribution in [2.75, 3.05) is 0 Å². The molecule has 1 saturated carbocycles. The van der Waals surface area contributed by atoms with Gasteiger partial charge in [0, 0.05) is 29.5 Å². The van der Waals surface area contributed by atoms with Crippen molar-refractivity contribution in [3.05, 3.63) is 41.1 Å². The van der Waals surface area contributed by atoms with Gasteiger partial charge in [0.15, 0.2) is 0 Å². The Morgan fingerprint density at radius 3 is 2.22 bits per heavy atom. The summed E-state index contributed by atoms with van der Waals surface area (Å²) in [6, 6.07) is 4.93. The third-order valence-electron chi connectivity index (χ3n) is 7.64. The summed E-state index contributed by atoms with van der Waals surface area (Å²) >= 11 is 0. The number of hydrogen-bond acceptors (Lipinski definition) is 3. The Morgan fingerprint density at radius 2 is 1.66 bits per heavy atom. The molecular weight excluding hydrogens is 551 g/mol. The molecule has 1 aliphatic carbocycles. The summed E-state index contributed by atoms with van der Waals surface area (Å²) in [5.41, 5.74) is -0.376. The number of halogens is 3. The number of aromatic nitrogens is 1. The Bertz CT molecular complexity index is 1320. The molecule has 1 unspecified atom stereocenters. The molecule has 10 heteroatoms. The molecule has 0 aliphatic heterocycles. The quantitative estimate of drug-likeness (QED) is 0.295. The molecule has 0 saturated heterocycles. The van der Waals surface area contributed by atoms with Crippen molar-refractivity contribution >= 4 is 15.9 Å². The fourth-order valence-electron chi connectivity index (χ4n) is 5.54. The van der Waals surface area contributed by atoms with E-state index in [2.05, 4.69) is 23.9 Å². The second kappa shape index (κ2) is 12.9. The number of alkyl halides is 3. The van der Waals surface area contributed by atoms with Crippen LogP contribution < -0.4 is 10.0 Å². The SMILES string of the molecule is Cc1c(C(=O)NC(C)CCC(C)C)cc(-c2ccc(S(=O)(=O)NC(C)(C)C)c(C(F)(F)F)c2)n1CC1CCCCC1. The molecule has 1 aromatic carbocycles. The highest BCUT2D eigenvalue weighted by Crippen LogP contribution is 2.39. The van der Waals surface area contributed by atoms with E-state index in [-0.39, 0.29) is 17.5 Å². The Labute approximate surface area is 243 Å². The highest BCUT2D eigenvalue weighted by Gasteiger charge is 2.39. The summed E-state index contributed by atoms with van der Waals surface area (Å²) in [4.78, 5) is 12.5. The molecule has 1 heterocycles. The minimum Gasteiger partial charge on any atom is -0.350 e. The van der Waals surface area contributed by atoms with Crippen molar-refractivity contribution < 1.29 is 26.4 Å². The number of benzene rings is 1. The minimum atomic E-state index is -4.90. The molecule has 6 nitrogen and oxygen atoms in total. The summed E-state index contributed by atoms with van der Waals surface area (Å²) < 4.78 is 73.1. The van der Waals surface area contributed by atoms with Crippen LogP contribution in [0.1, 0.15) is 108 Å². The molecule has 1 aromatic heterocycles. The minimum absolute atomic E-state index is 0.0499. The van der Waals surface area contributed by atoms with Crippen molar-refractivity contribution in [3.63, 3.8) is 0 Å². The molecule has 2 aromatic rings. The van der Waals surface area contributed by atoms with E-state index in [0.29, 0.717) is 35.3 Å². The van der Waals surface area contributed by atoms with E-state index in [9.17, 15) is 26.4 Å². The van der Waals surface area contributed by atoms with Crippen LogP contribution in [-0.2, 0) is 22.7 Å². The van der Waals surface area contributed by atoms with Crippen molar-refractivity contribution in [2.24, 2.45) is 11.8 Å². The van der Waals surface area contributed by atoms with Gasteiger partial charge in [0.25, 0.3) is 5.91 Å². The van der Waals surface area contributed by atoms with Crippen molar-refractivity contribution in [1.29, 1.82) is 0 Å². The monoisotopic (exact) mass is 597 g/mol. The van der Waals surface area contributed by atoms with E-state index in [1.807, 2.05) is 18.4 Å². The normalized spacial score (nSPS) is 16.3. The first-order chi connectivity index (χ1) is 18.9. The van der Waals surface area contributed by atoms with Gasteiger partial charge in [-0.3, -0.25) is 4.79 Å². The summed E-state index contributed by atoms with van der Waals surface area (Å²) in [7, 11) is -4.45. The first-order valence-corrected chi connectivity index (χ1v) is 16.1. The van der Waals surface area contributed by atoms with Crippen LogP contribution in [-0.4, -0.2) is 30.5 Å². The number of hydrogen-bond donors (Lipinski definition) is 2. The van der Waals surface area contributed by atoms with Crippen molar-refractivity contribution in [1.82, 2.24) is 14.6 Å². The highest BCUT2D eigenvalue weighted by atomic mass is 32.2. The lowest BCUT2D eigenvalue weighted by Gasteiger charge is -2.25. The lowest BCUT2D eigenvalue weighted by atomic mass is 9.89. The first-order valence-electron chi connectivity index (χ1n) is 14.7. The number of rotatable bonds is 10. The summed E-state index contributed by atoms with van der Waals surface area (Å²) in [6.07, 6.45) is 2.31. The van der Waals surface area contributed by atoms with Crippen LogP contribution in [0.5, 0.6) is 0 Å². The van der Waals surface area contributed by atoms with E-state index < -0.39 is 32.2 Å². The lowest BCUT2D eigenvalue weighted by Crippen LogP contribution is -2.41. The maximum absolute atomic E-state index is 14.3. The maximum Gasteiger partial charge on any atom is 0.417 e. The zero-order valence-corrected chi connectivity index (χ0v) is 26.2. The molecule has 0 bridgehead atoms. The van der Waals surface area contributed by atoms with E-state index in [1.165, 1.54) is 12.5 Å². The second-order valence-electron chi connectivity index (χ2n) is 13.1. The molecule has 3 rings (SSSR count). The van der Waals surface area contributed by atoms with Gasteiger partial charge < -0.3 is 9.88 Å². The summed E-state index contributed by atoms with van der Waals surface area (Å²) in [5.74, 6) is 0.603. The van der Waals surface area contributed by atoms with Crippen LogP contribution in [0.25, 0.3) is 11.3 Å². The van der Waals surface area contributed by atoms with Gasteiger partial charge in [-0.15, -0.1) is 0 Å². The molecule has 230 valence electrons. The summed E-state index contributed by atoms with van der Waals surface area (Å²) in [5, 5.41) is 3.05. The van der Waals surface area contributed by atoms with Crippen molar-refractivity contribution in [3.8, 4) is 11.3 Å². The van der Waals surface area contributed by atoms with Crippen molar-refractivity contribution in [2.45, 2.75) is 123 Å². The van der Waals surface area contributed by atoms with Crippen LogP contribution in [0.2, 0.25) is 0 Å². The van der Waals surface area contributed by atoms with Gasteiger partial charge in [-0.2, -0.15) is 13.2 Å². The topological polar surface area (TPSA) is 80.2 Å². The van der Waals surface area contributed by atoms with E-state index >= 15 is 0 Å². The molecular formula is C31H46F3N3O3S. The van der Waals surface area contributed by atoms with Crippen LogP contribution in [0.4, 0.5) is 13.2 Å². The number of nitrogens with zero attached hydrogens (tertiary/aromatic N) is 1. The van der Waals surface area contributed by atoms with Gasteiger partial charge in [0.05, 0.1) is 16.0 Å². The first kappa shape index (κ1) is 33.2. The number of sulfonamides is 1. The Kier molecular flexibility index (Phi) is 10.4. The molecule has 0 spiro atoms. The number of amides is 1. The number of nitrogens with one attached hydrogen (secondary N) is 2. The third kappa shape index (κ3) is 8.83. The fourth-order valence-corrected chi connectivity index (χ4v) is 7.17. The lowest BCUT2D eigenvalue weighted by molar-refractivity contribution is -0.139. The van der Waals surface area contributed by atoms with Gasteiger partial charge in [0.2, 0.25) is 10.0 Å². The van der Waals surface area contributed by atoms with E-state index in [1.54, 1.807) is 26.8 Å². The molecule has 0 radical (unpaired) electrons. The summed E-state index contributed by atoms with van der Waals surface area (Å²) in [6.45, 7) is 13.3. The van der Waals surface area contributed by atoms with Crippen LogP contribution >= 0.6 is 0 Å². The largest absolute Gasteiger partial charge is 0.417 e. The number of carbonyl (C=O) groups excluding carboxylic acids is 1. The van der Waals surface area contributed by atoms with Gasteiger partial charge in [-0.25, -0.2) is 13.1 Å². The standard InChI is InChI=1S/C31H46F3N3O3S/c1-20(2)13-14-21(3)35-29(38)25-18-27(37(22(25)4)19-23-11-9-8-10-12-23)24-15-16-28(26(17-24)31(32,33)34)41(39,40)36-30(5,6)7/h15-18,20-21,23,36H,8-14,19H2,1-7H3,(H,35,38). The molecule has 1 atom stereocenters. The number of carbonyl (C=O) groups is 1. The molecule has 1 amide bonds. The molecule has 2 N–H and O–H groups in total. The second-order valence-corrected chi connectivity index (χ2v) is 14.7. The van der Waals surface area contributed by atoms with Gasteiger partial charge in [-0.1, -0.05) is 39.2 Å². The van der Waals surface area contributed by atoms with Crippen LogP contribution in [0, 0.1) is 18.8 Å². The Hall–Kier alpha value is -2.33. The average molecular weight is 598 g/mol.